The lowest BCUT2D eigenvalue weighted by atomic mass is 10.1. The summed E-state index contributed by atoms with van der Waals surface area (Å²) < 4.78 is 13.4. The number of hydrogen-bond acceptors (Lipinski definition) is 3. The summed E-state index contributed by atoms with van der Waals surface area (Å²) in [7, 11) is 0. The molecule has 0 bridgehead atoms. The Labute approximate surface area is 120 Å². The number of amides is 2. The van der Waals surface area contributed by atoms with Gasteiger partial charge in [-0.3, -0.25) is 9.59 Å². The minimum Gasteiger partial charge on any atom is -0.396 e. The standard InChI is InChI=1S/C15H14FN3O2/c1-8-10(14(18)20)3-2-4-13(8)19-15(21)9-5-6-12(17)11(16)7-9/h2-7H,17H2,1H3,(H2,18,20)(H,19,21). The van der Waals surface area contributed by atoms with Crippen LogP contribution in [0.5, 0.6) is 0 Å². The van der Waals surface area contributed by atoms with Crippen molar-refractivity contribution >= 4 is 23.2 Å². The van der Waals surface area contributed by atoms with Gasteiger partial charge in [-0.25, -0.2) is 4.39 Å². The molecule has 0 spiro atoms. The summed E-state index contributed by atoms with van der Waals surface area (Å²) in [5.74, 6) is -1.74. The highest BCUT2D eigenvalue weighted by Gasteiger charge is 2.13. The molecule has 0 aliphatic carbocycles. The van der Waals surface area contributed by atoms with Gasteiger partial charge in [0.15, 0.2) is 0 Å². The van der Waals surface area contributed by atoms with Crippen LogP contribution >= 0.6 is 0 Å². The summed E-state index contributed by atoms with van der Waals surface area (Å²) in [5.41, 5.74) is 12.0. The first-order chi connectivity index (χ1) is 9.90. The highest BCUT2D eigenvalue weighted by Crippen LogP contribution is 2.20. The van der Waals surface area contributed by atoms with Gasteiger partial charge in [0.25, 0.3) is 5.91 Å². The molecule has 0 aliphatic rings. The Kier molecular flexibility index (Phi) is 3.89. The number of anilines is 2. The summed E-state index contributed by atoms with van der Waals surface area (Å²) in [6, 6.07) is 8.59. The van der Waals surface area contributed by atoms with Crippen molar-refractivity contribution in [2.45, 2.75) is 6.92 Å². The molecule has 2 amide bonds. The van der Waals surface area contributed by atoms with Crippen LogP contribution in [0.2, 0.25) is 0 Å². The molecule has 0 radical (unpaired) electrons. The second-order valence-corrected chi connectivity index (χ2v) is 4.53. The second-order valence-electron chi connectivity index (χ2n) is 4.53. The summed E-state index contributed by atoms with van der Waals surface area (Å²) in [5, 5.41) is 2.61. The van der Waals surface area contributed by atoms with Crippen molar-refractivity contribution in [3.05, 3.63) is 58.9 Å². The van der Waals surface area contributed by atoms with Gasteiger partial charge in [0.05, 0.1) is 5.69 Å². The molecule has 2 aromatic carbocycles. The third-order valence-electron chi connectivity index (χ3n) is 3.11. The van der Waals surface area contributed by atoms with E-state index in [9.17, 15) is 14.0 Å². The first-order valence-corrected chi connectivity index (χ1v) is 6.16. The maximum Gasteiger partial charge on any atom is 0.255 e. The summed E-state index contributed by atoms with van der Waals surface area (Å²) >= 11 is 0. The van der Waals surface area contributed by atoms with Crippen molar-refractivity contribution < 1.29 is 14.0 Å². The number of hydrogen-bond donors (Lipinski definition) is 3. The number of benzene rings is 2. The molecule has 0 aromatic heterocycles. The highest BCUT2D eigenvalue weighted by molar-refractivity contribution is 6.06. The Morgan fingerprint density at radius 3 is 2.52 bits per heavy atom. The predicted molar refractivity (Wildman–Crippen MR) is 78.5 cm³/mol. The molecule has 0 unspecified atom stereocenters. The fourth-order valence-electron chi connectivity index (χ4n) is 1.90. The van der Waals surface area contributed by atoms with E-state index in [0.29, 0.717) is 16.8 Å². The van der Waals surface area contributed by atoms with Gasteiger partial charge >= 0.3 is 0 Å². The minimum atomic E-state index is -0.662. The molecule has 0 saturated carbocycles. The molecule has 0 heterocycles. The normalized spacial score (nSPS) is 10.2. The molecule has 0 atom stereocenters. The van der Waals surface area contributed by atoms with Crippen LogP contribution in [0.3, 0.4) is 0 Å². The smallest absolute Gasteiger partial charge is 0.255 e. The maximum absolute atomic E-state index is 13.4. The molecule has 5 N–H and O–H groups in total. The topological polar surface area (TPSA) is 98.2 Å². The number of carbonyl (C=O) groups is 2. The largest absolute Gasteiger partial charge is 0.396 e. The predicted octanol–water partition coefficient (Wildman–Crippen LogP) is 2.07. The van der Waals surface area contributed by atoms with E-state index in [1.54, 1.807) is 25.1 Å². The monoisotopic (exact) mass is 287 g/mol. The fraction of sp³-hybridized carbons (Fsp3) is 0.0667. The van der Waals surface area contributed by atoms with Gasteiger partial charge in [-0.2, -0.15) is 0 Å². The first-order valence-electron chi connectivity index (χ1n) is 6.16. The number of rotatable bonds is 3. The zero-order chi connectivity index (χ0) is 15.6. The second kappa shape index (κ2) is 5.62. The average Bonchev–Trinajstić information content (AvgIpc) is 2.43. The van der Waals surface area contributed by atoms with Gasteiger partial charge in [0, 0.05) is 16.8 Å². The van der Waals surface area contributed by atoms with Gasteiger partial charge in [-0.05, 0) is 42.8 Å². The van der Waals surface area contributed by atoms with Gasteiger partial charge in [0.1, 0.15) is 5.82 Å². The molecule has 5 nitrogen and oxygen atoms in total. The molecule has 0 aliphatic heterocycles. The van der Waals surface area contributed by atoms with Crippen LogP contribution in [0.25, 0.3) is 0 Å². The lowest BCUT2D eigenvalue weighted by Gasteiger charge is -2.11. The molecular formula is C15H14FN3O2. The summed E-state index contributed by atoms with van der Waals surface area (Å²) in [4.78, 5) is 23.3. The van der Waals surface area contributed by atoms with E-state index in [1.165, 1.54) is 12.1 Å². The van der Waals surface area contributed by atoms with E-state index in [4.69, 9.17) is 11.5 Å². The van der Waals surface area contributed by atoms with Crippen molar-refractivity contribution in [3.8, 4) is 0 Å². The average molecular weight is 287 g/mol. The van der Waals surface area contributed by atoms with Crippen LogP contribution in [-0.4, -0.2) is 11.8 Å². The van der Waals surface area contributed by atoms with Gasteiger partial charge < -0.3 is 16.8 Å². The molecule has 108 valence electrons. The Morgan fingerprint density at radius 1 is 1.19 bits per heavy atom. The van der Waals surface area contributed by atoms with Crippen LogP contribution < -0.4 is 16.8 Å². The zero-order valence-corrected chi connectivity index (χ0v) is 11.3. The molecule has 2 aromatic rings. The molecule has 6 heteroatoms. The van der Waals surface area contributed by atoms with Crippen molar-refractivity contribution in [1.82, 2.24) is 0 Å². The summed E-state index contributed by atoms with van der Waals surface area (Å²) in [6.07, 6.45) is 0. The van der Waals surface area contributed by atoms with Gasteiger partial charge in [-0.15, -0.1) is 0 Å². The molecule has 0 saturated heterocycles. The molecular weight excluding hydrogens is 273 g/mol. The van der Waals surface area contributed by atoms with E-state index in [2.05, 4.69) is 5.32 Å². The van der Waals surface area contributed by atoms with Crippen LogP contribution in [0.4, 0.5) is 15.8 Å². The SMILES string of the molecule is Cc1c(NC(=O)c2ccc(N)c(F)c2)cccc1C(N)=O. The minimum absolute atomic E-state index is 0.0292. The Balaban J connectivity index is 2.29. The van der Waals surface area contributed by atoms with E-state index in [0.717, 1.165) is 6.07 Å². The lowest BCUT2D eigenvalue weighted by Crippen LogP contribution is -2.17. The van der Waals surface area contributed by atoms with Crippen LogP contribution in [0, 0.1) is 12.7 Å². The Morgan fingerprint density at radius 2 is 1.90 bits per heavy atom. The van der Waals surface area contributed by atoms with Gasteiger partial charge in [0.2, 0.25) is 5.91 Å². The van der Waals surface area contributed by atoms with E-state index >= 15 is 0 Å². The molecule has 2 rings (SSSR count). The summed E-state index contributed by atoms with van der Waals surface area (Å²) in [6.45, 7) is 1.67. The third-order valence-corrected chi connectivity index (χ3v) is 3.11. The Bertz CT molecular complexity index is 729. The number of primary amides is 1. The quantitative estimate of drug-likeness (QED) is 0.753. The lowest BCUT2D eigenvalue weighted by molar-refractivity contribution is 0.0995. The van der Waals surface area contributed by atoms with Crippen LogP contribution in [-0.2, 0) is 0 Å². The van der Waals surface area contributed by atoms with Crippen molar-refractivity contribution in [3.63, 3.8) is 0 Å². The van der Waals surface area contributed by atoms with E-state index in [1.807, 2.05) is 0 Å². The fourth-order valence-corrected chi connectivity index (χ4v) is 1.90. The van der Waals surface area contributed by atoms with Gasteiger partial charge in [-0.1, -0.05) is 6.07 Å². The van der Waals surface area contributed by atoms with Crippen LogP contribution in [0.15, 0.2) is 36.4 Å². The molecule has 0 fully saturated rings. The number of halogens is 1. The van der Waals surface area contributed by atoms with Crippen molar-refractivity contribution in [2.24, 2.45) is 5.73 Å². The van der Waals surface area contributed by atoms with Crippen molar-refractivity contribution in [1.29, 1.82) is 0 Å². The highest BCUT2D eigenvalue weighted by atomic mass is 19.1. The zero-order valence-electron chi connectivity index (χ0n) is 11.3. The maximum atomic E-state index is 13.4. The molecule has 21 heavy (non-hydrogen) atoms. The first kappa shape index (κ1) is 14.5. The van der Waals surface area contributed by atoms with E-state index < -0.39 is 17.6 Å². The number of nitrogen functional groups attached to an aromatic ring is 1. The van der Waals surface area contributed by atoms with Crippen LogP contribution in [0.1, 0.15) is 26.3 Å². The number of nitrogens with two attached hydrogens (primary N) is 2. The number of carbonyl (C=O) groups excluding carboxylic acids is 2. The Hall–Kier alpha value is -2.89. The number of nitrogens with one attached hydrogen (secondary N) is 1. The van der Waals surface area contributed by atoms with Crippen molar-refractivity contribution in [2.75, 3.05) is 11.1 Å². The van der Waals surface area contributed by atoms with E-state index in [-0.39, 0.29) is 11.3 Å². The third kappa shape index (κ3) is 3.00.